The van der Waals surface area contributed by atoms with E-state index >= 15 is 0 Å². The molecular weight excluding hydrogens is 178 g/mol. The fourth-order valence-electron chi connectivity index (χ4n) is 1.10. The molecule has 0 spiro atoms. The lowest BCUT2D eigenvalue weighted by Gasteiger charge is -2.12. The molecule has 0 bridgehead atoms. The zero-order valence-corrected chi connectivity index (χ0v) is 8.45. The van der Waals surface area contributed by atoms with Gasteiger partial charge in [-0.1, -0.05) is 6.92 Å². The van der Waals surface area contributed by atoms with E-state index in [9.17, 15) is 4.79 Å². The third kappa shape index (κ3) is 2.76. The third-order valence-electron chi connectivity index (χ3n) is 2.16. The highest BCUT2D eigenvalue weighted by molar-refractivity contribution is 5.87. The molecule has 0 aliphatic rings. The smallest absolute Gasteiger partial charge is 0.335 e. The van der Waals surface area contributed by atoms with Crippen LogP contribution in [0.2, 0.25) is 0 Å². The molecule has 0 amide bonds. The van der Waals surface area contributed by atoms with Crippen LogP contribution in [-0.2, 0) is 0 Å². The van der Waals surface area contributed by atoms with Crippen molar-refractivity contribution >= 4 is 11.7 Å². The van der Waals surface area contributed by atoms with Gasteiger partial charge in [-0.25, -0.2) is 4.79 Å². The summed E-state index contributed by atoms with van der Waals surface area (Å²) in [6.07, 6.45) is 1.04. The Bertz CT molecular complexity index is 306. The van der Waals surface area contributed by atoms with Crippen molar-refractivity contribution in [3.8, 4) is 0 Å². The van der Waals surface area contributed by atoms with Gasteiger partial charge in [-0.3, -0.25) is 0 Å². The lowest BCUT2D eigenvalue weighted by molar-refractivity contribution is 0.0697. The summed E-state index contributed by atoms with van der Waals surface area (Å²) in [6, 6.07) is 7.19. The molecule has 0 aliphatic heterocycles. The highest BCUT2D eigenvalue weighted by Gasteiger charge is 2.02. The van der Waals surface area contributed by atoms with Gasteiger partial charge in [0.15, 0.2) is 0 Å². The van der Waals surface area contributed by atoms with Crippen LogP contribution in [0.15, 0.2) is 24.3 Å². The highest BCUT2D eigenvalue weighted by Crippen LogP contribution is 2.11. The van der Waals surface area contributed by atoms with Crippen LogP contribution in [0.1, 0.15) is 30.6 Å². The maximum Gasteiger partial charge on any atom is 0.335 e. The first-order chi connectivity index (χ1) is 6.63. The van der Waals surface area contributed by atoms with E-state index in [4.69, 9.17) is 5.11 Å². The van der Waals surface area contributed by atoms with Gasteiger partial charge in [0.05, 0.1) is 5.56 Å². The van der Waals surface area contributed by atoms with Crippen LogP contribution in [0, 0.1) is 0 Å². The van der Waals surface area contributed by atoms with Crippen LogP contribution < -0.4 is 5.32 Å². The molecule has 0 aromatic heterocycles. The molecule has 1 aromatic carbocycles. The normalized spacial score (nSPS) is 12.1. The van der Waals surface area contributed by atoms with Crippen molar-refractivity contribution in [1.29, 1.82) is 0 Å². The van der Waals surface area contributed by atoms with Crippen molar-refractivity contribution in [2.75, 3.05) is 5.32 Å². The molecule has 0 saturated heterocycles. The number of hydrogen-bond acceptors (Lipinski definition) is 2. The Balaban J connectivity index is 2.68. The largest absolute Gasteiger partial charge is 0.478 e. The van der Waals surface area contributed by atoms with Crippen molar-refractivity contribution in [3.63, 3.8) is 0 Å². The van der Waals surface area contributed by atoms with Crippen LogP contribution in [0.3, 0.4) is 0 Å². The maximum atomic E-state index is 10.6. The summed E-state index contributed by atoms with van der Waals surface area (Å²) < 4.78 is 0. The van der Waals surface area contributed by atoms with Crippen LogP contribution >= 0.6 is 0 Å². The first-order valence-corrected chi connectivity index (χ1v) is 4.73. The predicted octanol–water partition coefficient (Wildman–Crippen LogP) is 2.60. The molecule has 76 valence electrons. The molecule has 0 saturated carbocycles. The summed E-state index contributed by atoms with van der Waals surface area (Å²) in [5.74, 6) is -0.889. The Labute approximate surface area is 83.8 Å². The second-order valence-corrected chi connectivity index (χ2v) is 3.34. The summed E-state index contributed by atoms with van der Waals surface area (Å²) in [6.45, 7) is 4.19. The number of anilines is 1. The number of carbonyl (C=O) groups is 1. The van der Waals surface area contributed by atoms with Gasteiger partial charge in [0.1, 0.15) is 0 Å². The van der Waals surface area contributed by atoms with Crippen molar-refractivity contribution in [1.82, 2.24) is 0 Å². The van der Waals surface area contributed by atoms with Crippen molar-refractivity contribution in [2.24, 2.45) is 0 Å². The molecule has 14 heavy (non-hydrogen) atoms. The monoisotopic (exact) mass is 193 g/mol. The molecule has 1 rings (SSSR count). The van der Waals surface area contributed by atoms with Gasteiger partial charge in [-0.2, -0.15) is 0 Å². The van der Waals surface area contributed by atoms with Gasteiger partial charge in [-0.15, -0.1) is 0 Å². The van der Waals surface area contributed by atoms with Gasteiger partial charge in [-0.05, 0) is 37.6 Å². The molecule has 3 heteroatoms. The Morgan fingerprint density at radius 2 is 2.00 bits per heavy atom. The van der Waals surface area contributed by atoms with Crippen LogP contribution in [0.4, 0.5) is 5.69 Å². The van der Waals surface area contributed by atoms with E-state index in [0.717, 1.165) is 12.1 Å². The fourth-order valence-corrected chi connectivity index (χ4v) is 1.10. The summed E-state index contributed by atoms with van der Waals surface area (Å²) >= 11 is 0. The van der Waals surface area contributed by atoms with Crippen LogP contribution in [-0.4, -0.2) is 17.1 Å². The van der Waals surface area contributed by atoms with Crippen molar-refractivity contribution in [2.45, 2.75) is 26.3 Å². The molecular formula is C11H15NO2. The van der Waals surface area contributed by atoms with E-state index in [1.54, 1.807) is 24.3 Å². The van der Waals surface area contributed by atoms with E-state index in [1.165, 1.54) is 0 Å². The lowest BCUT2D eigenvalue weighted by Crippen LogP contribution is -2.13. The van der Waals surface area contributed by atoms with Gasteiger partial charge < -0.3 is 10.4 Å². The number of carboxylic acids is 1. The van der Waals surface area contributed by atoms with Gasteiger partial charge in [0, 0.05) is 11.7 Å². The Morgan fingerprint density at radius 1 is 1.43 bits per heavy atom. The van der Waals surface area contributed by atoms with Crippen LogP contribution in [0.25, 0.3) is 0 Å². The van der Waals surface area contributed by atoms with E-state index in [-0.39, 0.29) is 0 Å². The minimum atomic E-state index is -0.889. The van der Waals surface area contributed by atoms with Gasteiger partial charge >= 0.3 is 5.97 Å². The van der Waals surface area contributed by atoms with E-state index in [2.05, 4.69) is 19.2 Å². The molecule has 3 nitrogen and oxygen atoms in total. The summed E-state index contributed by atoms with van der Waals surface area (Å²) in [5, 5.41) is 11.9. The molecule has 0 heterocycles. The minimum absolute atomic E-state index is 0.319. The Morgan fingerprint density at radius 3 is 2.43 bits per heavy atom. The molecule has 2 N–H and O–H groups in total. The standard InChI is InChI=1S/C11H15NO2/c1-3-8(2)12-10-6-4-9(5-7-10)11(13)14/h4-8,12H,3H2,1-2H3,(H,13,14)/t8-/m0/s1. The number of benzene rings is 1. The van der Waals surface area contributed by atoms with Crippen molar-refractivity contribution in [3.05, 3.63) is 29.8 Å². The van der Waals surface area contributed by atoms with Crippen LogP contribution in [0.5, 0.6) is 0 Å². The maximum absolute atomic E-state index is 10.6. The van der Waals surface area contributed by atoms with Gasteiger partial charge in [0.2, 0.25) is 0 Å². The predicted molar refractivity (Wildman–Crippen MR) is 56.8 cm³/mol. The summed E-state index contributed by atoms with van der Waals surface area (Å²) in [5.41, 5.74) is 1.28. The molecule has 1 aromatic rings. The molecule has 0 unspecified atom stereocenters. The fraction of sp³-hybridized carbons (Fsp3) is 0.364. The van der Waals surface area contributed by atoms with E-state index in [0.29, 0.717) is 11.6 Å². The molecule has 0 aliphatic carbocycles. The number of nitrogens with one attached hydrogen (secondary N) is 1. The Hall–Kier alpha value is -1.51. The zero-order valence-electron chi connectivity index (χ0n) is 8.45. The number of carboxylic acid groups (broad SMARTS) is 1. The number of rotatable bonds is 4. The summed E-state index contributed by atoms with van der Waals surface area (Å²) in [7, 11) is 0. The van der Waals surface area contributed by atoms with E-state index < -0.39 is 5.97 Å². The SMILES string of the molecule is CC[C@H](C)Nc1ccc(C(=O)O)cc1. The van der Waals surface area contributed by atoms with E-state index in [1.807, 2.05) is 0 Å². The average molecular weight is 193 g/mol. The second-order valence-electron chi connectivity index (χ2n) is 3.34. The topological polar surface area (TPSA) is 49.3 Å². The lowest BCUT2D eigenvalue weighted by atomic mass is 10.2. The average Bonchev–Trinajstić information content (AvgIpc) is 2.18. The third-order valence-corrected chi connectivity index (χ3v) is 2.16. The number of aromatic carboxylic acids is 1. The quantitative estimate of drug-likeness (QED) is 0.772. The van der Waals surface area contributed by atoms with Crippen molar-refractivity contribution < 1.29 is 9.90 Å². The Kier molecular flexibility index (Phi) is 3.51. The first kappa shape index (κ1) is 10.6. The molecule has 1 atom stereocenters. The molecule has 0 fully saturated rings. The molecule has 0 radical (unpaired) electrons. The first-order valence-electron chi connectivity index (χ1n) is 4.73. The zero-order chi connectivity index (χ0) is 10.6. The highest BCUT2D eigenvalue weighted by atomic mass is 16.4. The number of hydrogen-bond donors (Lipinski definition) is 2. The second kappa shape index (κ2) is 4.65. The van der Waals surface area contributed by atoms with Gasteiger partial charge in [0.25, 0.3) is 0 Å². The summed E-state index contributed by atoms with van der Waals surface area (Å²) in [4.78, 5) is 10.6. The minimum Gasteiger partial charge on any atom is -0.478 e.